The molecule has 2 aromatic rings. The molecule has 2 aromatic carbocycles. The zero-order valence-corrected chi connectivity index (χ0v) is 13.5. The summed E-state index contributed by atoms with van der Waals surface area (Å²) < 4.78 is 0. The van der Waals surface area contributed by atoms with Crippen molar-refractivity contribution in [1.29, 1.82) is 0 Å². The van der Waals surface area contributed by atoms with E-state index in [1.807, 2.05) is 0 Å². The third kappa shape index (κ3) is 4.94. The predicted octanol–water partition coefficient (Wildman–Crippen LogP) is 2.30. The molecule has 0 saturated heterocycles. The molecule has 0 fully saturated rings. The number of aliphatic hydroxyl groups is 1. The summed E-state index contributed by atoms with van der Waals surface area (Å²) in [6.45, 7) is 0.0491. The fourth-order valence-electron chi connectivity index (χ4n) is 2.04. The van der Waals surface area contributed by atoms with Gasteiger partial charge in [-0.25, -0.2) is 0 Å². The highest BCUT2D eigenvalue weighted by Crippen LogP contribution is 2.21. The Balaban J connectivity index is 1.88. The van der Waals surface area contributed by atoms with Crippen LogP contribution in [0.5, 0.6) is 0 Å². The van der Waals surface area contributed by atoms with Crippen molar-refractivity contribution >= 4 is 29.5 Å². The van der Waals surface area contributed by atoms with Crippen molar-refractivity contribution < 1.29 is 14.7 Å². The lowest BCUT2D eigenvalue weighted by atomic mass is 10.1. The molecule has 0 aliphatic carbocycles. The molecule has 0 spiro atoms. The van der Waals surface area contributed by atoms with E-state index in [1.54, 1.807) is 54.6 Å². The van der Waals surface area contributed by atoms with Gasteiger partial charge < -0.3 is 16.2 Å². The molecule has 2 amide bonds. The summed E-state index contributed by atoms with van der Waals surface area (Å²) in [7, 11) is 0. The standard InChI is InChI=1S/C18H17ClN2O3/c19-15-4-2-1-3-14(15)16(22)11-21-17(23)10-7-12-5-8-13(9-6-12)18(20)24/h1-10,16,22H,11H2,(H2,20,24)(H,21,23)/b10-7+. The van der Waals surface area contributed by atoms with Crippen LogP contribution in [0.25, 0.3) is 6.08 Å². The second kappa shape index (κ2) is 8.29. The molecule has 0 heterocycles. The van der Waals surface area contributed by atoms with Crippen molar-refractivity contribution in [3.8, 4) is 0 Å². The number of hydrogen-bond donors (Lipinski definition) is 3. The quantitative estimate of drug-likeness (QED) is 0.702. The number of hydrogen-bond acceptors (Lipinski definition) is 3. The van der Waals surface area contributed by atoms with Gasteiger partial charge in [-0.05, 0) is 29.8 Å². The second-order valence-corrected chi connectivity index (χ2v) is 5.51. The number of primary amides is 1. The number of nitrogens with two attached hydrogens (primary N) is 1. The van der Waals surface area contributed by atoms with Gasteiger partial charge in [0.1, 0.15) is 0 Å². The first-order valence-corrected chi connectivity index (χ1v) is 7.63. The molecular weight excluding hydrogens is 328 g/mol. The molecule has 5 nitrogen and oxygen atoms in total. The van der Waals surface area contributed by atoms with Crippen molar-refractivity contribution in [3.05, 3.63) is 76.3 Å². The molecule has 0 aliphatic heterocycles. The number of benzene rings is 2. The Morgan fingerprint density at radius 2 is 1.83 bits per heavy atom. The van der Waals surface area contributed by atoms with Crippen LogP contribution in [0.1, 0.15) is 27.6 Å². The fraction of sp³-hybridized carbons (Fsp3) is 0.111. The van der Waals surface area contributed by atoms with Gasteiger partial charge in [-0.3, -0.25) is 9.59 Å². The molecule has 2 rings (SSSR count). The maximum absolute atomic E-state index is 11.8. The Morgan fingerprint density at radius 3 is 2.46 bits per heavy atom. The smallest absolute Gasteiger partial charge is 0.248 e. The third-order valence-electron chi connectivity index (χ3n) is 3.36. The van der Waals surface area contributed by atoms with Crippen LogP contribution < -0.4 is 11.1 Å². The average Bonchev–Trinajstić information content (AvgIpc) is 2.58. The van der Waals surface area contributed by atoms with Gasteiger partial charge in [-0.1, -0.05) is 41.9 Å². The summed E-state index contributed by atoms with van der Waals surface area (Å²) in [5, 5.41) is 13.1. The van der Waals surface area contributed by atoms with Crippen molar-refractivity contribution in [2.45, 2.75) is 6.10 Å². The molecule has 0 radical (unpaired) electrons. The number of carbonyl (C=O) groups excluding carboxylic acids is 2. The zero-order chi connectivity index (χ0) is 17.5. The van der Waals surface area contributed by atoms with Crippen LogP contribution in [-0.4, -0.2) is 23.5 Å². The summed E-state index contributed by atoms with van der Waals surface area (Å²) in [6, 6.07) is 13.4. The van der Waals surface area contributed by atoms with Crippen LogP contribution in [0.15, 0.2) is 54.6 Å². The molecule has 0 bridgehead atoms. The Bertz CT molecular complexity index is 757. The third-order valence-corrected chi connectivity index (χ3v) is 3.70. The highest BCUT2D eigenvalue weighted by molar-refractivity contribution is 6.31. The average molecular weight is 345 g/mol. The van der Waals surface area contributed by atoms with Gasteiger partial charge in [0.25, 0.3) is 0 Å². The van der Waals surface area contributed by atoms with Gasteiger partial charge in [0.15, 0.2) is 0 Å². The van der Waals surface area contributed by atoms with E-state index < -0.39 is 12.0 Å². The summed E-state index contributed by atoms with van der Waals surface area (Å²) in [5.74, 6) is -0.850. The Kier molecular flexibility index (Phi) is 6.12. The molecule has 6 heteroatoms. The lowest BCUT2D eigenvalue weighted by molar-refractivity contribution is -0.116. The van der Waals surface area contributed by atoms with Crippen LogP contribution in [0, 0.1) is 0 Å². The van der Waals surface area contributed by atoms with Crippen LogP contribution in [0.4, 0.5) is 0 Å². The van der Waals surface area contributed by atoms with Gasteiger partial charge in [0.05, 0.1) is 6.10 Å². The lowest BCUT2D eigenvalue weighted by Gasteiger charge is -2.12. The minimum Gasteiger partial charge on any atom is -0.387 e. The number of amides is 2. The number of nitrogens with one attached hydrogen (secondary N) is 1. The van der Waals surface area contributed by atoms with Crippen LogP contribution in [-0.2, 0) is 4.79 Å². The first-order valence-electron chi connectivity index (χ1n) is 7.25. The highest BCUT2D eigenvalue weighted by Gasteiger charge is 2.11. The van der Waals surface area contributed by atoms with E-state index in [1.165, 1.54) is 6.08 Å². The Morgan fingerprint density at radius 1 is 1.17 bits per heavy atom. The van der Waals surface area contributed by atoms with E-state index in [4.69, 9.17) is 17.3 Å². The normalized spacial score (nSPS) is 12.1. The second-order valence-electron chi connectivity index (χ2n) is 5.10. The van der Waals surface area contributed by atoms with E-state index in [0.717, 1.165) is 5.56 Å². The van der Waals surface area contributed by atoms with E-state index in [0.29, 0.717) is 16.1 Å². The predicted molar refractivity (Wildman–Crippen MR) is 93.4 cm³/mol. The van der Waals surface area contributed by atoms with Gasteiger partial charge >= 0.3 is 0 Å². The molecule has 4 N–H and O–H groups in total. The van der Waals surface area contributed by atoms with Gasteiger partial charge in [-0.2, -0.15) is 0 Å². The summed E-state index contributed by atoms with van der Waals surface area (Å²) in [4.78, 5) is 22.8. The Hall–Kier alpha value is -2.63. The topological polar surface area (TPSA) is 92.4 Å². The van der Waals surface area contributed by atoms with Crippen molar-refractivity contribution in [3.63, 3.8) is 0 Å². The number of halogens is 1. The minimum atomic E-state index is -0.883. The summed E-state index contributed by atoms with van der Waals surface area (Å²) >= 11 is 5.99. The van der Waals surface area contributed by atoms with Gasteiger partial charge in [-0.15, -0.1) is 0 Å². The van der Waals surface area contributed by atoms with Crippen molar-refractivity contribution in [1.82, 2.24) is 5.32 Å². The van der Waals surface area contributed by atoms with Gasteiger partial charge in [0, 0.05) is 28.8 Å². The summed E-state index contributed by atoms with van der Waals surface area (Å²) in [6.07, 6.45) is 2.06. The highest BCUT2D eigenvalue weighted by atomic mass is 35.5. The summed E-state index contributed by atoms with van der Waals surface area (Å²) in [5.41, 5.74) is 6.87. The fourth-order valence-corrected chi connectivity index (χ4v) is 2.30. The first-order chi connectivity index (χ1) is 11.5. The van der Waals surface area contributed by atoms with Crippen LogP contribution in [0.3, 0.4) is 0 Å². The molecule has 124 valence electrons. The molecule has 24 heavy (non-hydrogen) atoms. The van der Waals surface area contributed by atoms with Crippen LogP contribution >= 0.6 is 11.6 Å². The van der Waals surface area contributed by atoms with Crippen molar-refractivity contribution in [2.24, 2.45) is 5.73 Å². The monoisotopic (exact) mass is 344 g/mol. The molecular formula is C18H17ClN2O3. The van der Waals surface area contributed by atoms with E-state index in [-0.39, 0.29) is 12.5 Å². The van der Waals surface area contributed by atoms with E-state index >= 15 is 0 Å². The largest absolute Gasteiger partial charge is 0.387 e. The SMILES string of the molecule is NC(=O)c1ccc(/C=C/C(=O)NCC(O)c2ccccc2Cl)cc1. The zero-order valence-electron chi connectivity index (χ0n) is 12.8. The van der Waals surface area contributed by atoms with E-state index in [9.17, 15) is 14.7 Å². The number of rotatable bonds is 6. The lowest BCUT2D eigenvalue weighted by Crippen LogP contribution is -2.26. The minimum absolute atomic E-state index is 0.0491. The molecule has 1 atom stereocenters. The molecule has 1 unspecified atom stereocenters. The number of carbonyl (C=O) groups is 2. The van der Waals surface area contributed by atoms with Gasteiger partial charge in [0.2, 0.25) is 11.8 Å². The molecule has 0 saturated carbocycles. The molecule has 0 aromatic heterocycles. The maximum atomic E-state index is 11.8. The van der Waals surface area contributed by atoms with Crippen molar-refractivity contribution in [2.75, 3.05) is 6.54 Å². The number of aliphatic hydroxyl groups excluding tert-OH is 1. The Labute approximate surface area is 144 Å². The van der Waals surface area contributed by atoms with E-state index in [2.05, 4.69) is 5.32 Å². The maximum Gasteiger partial charge on any atom is 0.248 e. The molecule has 0 aliphatic rings. The van der Waals surface area contributed by atoms with Crippen LogP contribution in [0.2, 0.25) is 5.02 Å². The first kappa shape index (κ1) is 17.7.